The zero-order chi connectivity index (χ0) is 18.6. The van der Waals surface area contributed by atoms with Crippen LogP contribution in [0.5, 0.6) is 5.75 Å². The molecular formula is C19H17N3O3S2. The van der Waals surface area contributed by atoms with Gasteiger partial charge in [0.2, 0.25) is 5.91 Å². The molecule has 0 aliphatic heterocycles. The van der Waals surface area contributed by atoms with Crippen LogP contribution >= 0.6 is 23.1 Å². The number of anilines is 1. The van der Waals surface area contributed by atoms with Gasteiger partial charge in [0.25, 0.3) is 5.22 Å². The predicted octanol–water partition coefficient (Wildman–Crippen LogP) is 4.96. The van der Waals surface area contributed by atoms with Crippen molar-refractivity contribution in [1.29, 1.82) is 0 Å². The number of aromatic nitrogens is 2. The molecule has 0 spiro atoms. The molecule has 6 nitrogen and oxygen atoms in total. The smallest absolute Gasteiger partial charge is 0.256 e. The summed E-state index contributed by atoms with van der Waals surface area (Å²) >= 11 is 2.86. The topological polar surface area (TPSA) is 77.2 Å². The van der Waals surface area contributed by atoms with E-state index in [9.17, 15) is 4.79 Å². The van der Waals surface area contributed by atoms with E-state index in [-0.39, 0.29) is 5.91 Å². The number of carbonyl (C=O) groups excluding carboxylic acids is 1. The van der Waals surface area contributed by atoms with Gasteiger partial charge in [-0.2, -0.15) is 0 Å². The Morgan fingerprint density at radius 1 is 1.22 bits per heavy atom. The van der Waals surface area contributed by atoms with Crippen molar-refractivity contribution in [2.24, 2.45) is 0 Å². The number of amides is 1. The molecule has 4 aromatic rings. The van der Waals surface area contributed by atoms with Crippen molar-refractivity contribution in [1.82, 2.24) is 9.97 Å². The first-order valence-electron chi connectivity index (χ1n) is 8.53. The molecule has 0 radical (unpaired) electrons. The lowest BCUT2D eigenvalue weighted by Crippen LogP contribution is -2.11. The fourth-order valence-electron chi connectivity index (χ4n) is 2.54. The van der Waals surface area contributed by atoms with Crippen LogP contribution in [-0.4, -0.2) is 28.2 Å². The van der Waals surface area contributed by atoms with Crippen molar-refractivity contribution in [3.05, 3.63) is 42.5 Å². The van der Waals surface area contributed by atoms with Crippen LogP contribution in [-0.2, 0) is 4.79 Å². The maximum atomic E-state index is 12.2. The van der Waals surface area contributed by atoms with Gasteiger partial charge in [-0.15, -0.1) is 0 Å². The minimum atomic E-state index is -0.0808. The van der Waals surface area contributed by atoms with E-state index < -0.39 is 0 Å². The van der Waals surface area contributed by atoms with Crippen molar-refractivity contribution in [2.45, 2.75) is 18.6 Å². The molecular weight excluding hydrogens is 382 g/mol. The number of oxazole rings is 1. The lowest BCUT2D eigenvalue weighted by Gasteiger charge is -2.00. The highest BCUT2D eigenvalue weighted by atomic mass is 32.2. The maximum Gasteiger partial charge on any atom is 0.256 e. The minimum absolute atomic E-state index is 0.0808. The first-order chi connectivity index (χ1) is 13.2. The minimum Gasteiger partial charge on any atom is -0.494 e. The van der Waals surface area contributed by atoms with Gasteiger partial charge in [0.1, 0.15) is 11.3 Å². The molecule has 27 heavy (non-hydrogen) atoms. The van der Waals surface area contributed by atoms with Gasteiger partial charge >= 0.3 is 0 Å². The van der Waals surface area contributed by atoms with Crippen LogP contribution in [0.3, 0.4) is 0 Å². The fraction of sp³-hybridized carbons (Fsp3) is 0.211. The third-order valence-electron chi connectivity index (χ3n) is 3.75. The molecule has 0 unspecified atom stereocenters. The molecule has 0 bridgehead atoms. The summed E-state index contributed by atoms with van der Waals surface area (Å²) in [5.74, 6) is 1.31. The summed E-state index contributed by atoms with van der Waals surface area (Å²) in [5, 5.41) is 4.03. The van der Waals surface area contributed by atoms with Crippen molar-refractivity contribution in [3.8, 4) is 5.75 Å². The number of fused-ring (bicyclic) bond motifs is 2. The molecule has 0 atom stereocenters. The molecule has 138 valence electrons. The van der Waals surface area contributed by atoms with Gasteiger partial charge in [-0.25, -0.2) is 9.97 Å². The highest BCUT2D eigenvalue weighted by Gasteiger charge is 2.11. The maximum absolute atomic E-state index is 12.2. The van der Waals surface area contributed by atoms with Gasteiger partial charge in [-0.3, -0.25) is 4.79 Å². The number of hydrogen-bond acceptors (Lipinski definition) is 7. The summed E-state index contributed by atoms with van der Waals surface area (Å²) in [5.41, 5.74) is 2.43. The standard InChI is InChI=1S/C19H17N3O3S2/c1-2-24-12-7-8-14-16(11-12)27-18(20-14)22-17(23)9-10-26-19-21-13-5-3-4-6-15(13)25-19/h3-8,11H,2,9-10H2,1H3,(H,20,22,23). The van der Waals surface area contributed by atoms with Crippen molar-refractivity contribution in [3.63, 3.8) is 0 Å². The molecule has 4 rings (SSSR count). The second-order valence-corrected chi connectivity index (χ2v) is 7.75. The van der Waals surface area contributed by atoms with Crippen LogP contribution in [0.2, 0.25) is 0 Å². The summed E-state index contributed by atoms with van der Waals surface area (Å²) in [7, 11) is 0. The highest BCUT2D eigenvalue weighted by Crippen LogP contribution is 2.29. The third-order valence-corrected chi connectivity index (χ3v) is 5.51. The number of rotatable bonds is 7. The number of hydrogen-bond donors (Lipinski definition) is 1. The van der Waals surface area contributed by atoms with E-state index in [1.807, 2.05) is 49.4 Å². The Bertz CT molecular complexity index is 1060. The van der Waals surface area contributed by atoms with Gasteiger partial charge < -0.3 is 14.5 Å². The molecule has 2 aromatic heterocycles. The average Bonchev–Trinajstić information content (AvgIpc) is 3.24. The number of ether oxygens (including phenoxy) is 1. The fourth-order valence-corrected chi connectivity index (χ4v) is 4.22. The zero-order valence-corrected chi connectivity index (χ0v) is 16.2. The SMILES string of the molecule is CCOc1ccc2nc(NC(=O)CCSc3nc4ccccc4o3)sc2c1. The Morgan fingerprint density at radius 3 is 2.96 bits per heavy atom. The molecule has 2 aromatic carbocycles. The lowest BCUT2D eigenvalue weighted by molar-refractivity contribution is -0.115. The quantitative estimate of drug-likeness (QED) is 0.443. The van der Waals surface area contributed by atoms with Crippen molar-refractivity contribution < 1.29 is 13.9 Å². The Kier molecular flexibility index (Phi) is 5.26. The van der Waals surface area contributed by atoms with E-state index in [4.69, 9.17) is 9.15 Å². The zero-order valence-electron chi connectivity index (χ0n) is 14.6. The van der Waals surface area contributed by atoms with E-state index in [1.54, 1.807) is 0 Å². The Hall–Kier alpha value is -2.58. The summed E-state index contributed by atoms with van der Waals surface area (Å²) in [6.07, 6.45) is 0.351. The molecule has 2 heterocycles. The molecule has 0 aliphatic rings. The highest BCUT2D eigenvalue weighted by molar-refractivity contribution is 7.99. The van der Waals surface area contributed by atoms with E-state index in [2.05, 4.69) is 15.3 Å². The van der Waals surface area contributed by atoms with Crippen LogP contribution in [0.25, 0.3) is 21.3 Å². The largest absolute Gasteiger partial charge is 0.494 e. The summed E-state index contributed by atoms with van der Waals surface area (Å²) in [4.78, 5) is 21.0. The Balaban J connectivity index is 1.32. The van der Waals surface area contributed by atoms with Crippen LogP contribution in [0.15, 0.2) is 52.1 Å². The van der Waals surface area contributed by atoms with Crippen molar-refractivity contribution >= 4 is 55.5 Å². The van der Waals surface area contributed by atoms with E-state index in [0.717, 1.165) is 27.1 Å². The average molecular weight is 399 g/mol. The Labute approximate surface area is 163 Å². The normalized spacial score (nSPS) is 11.1. The number of benzene rings is 2. The number of nitrogens with zero attached hydrogens (tertiary/aromatic N) is 2. The molecule has 0 aliphatic carbocycles. The van der Waals surface area contributed by atoms with Gasteiger partial charge in [0.15, 0.2) is 10.7 Å². The van der Waals surface area contributed by atoms with E-state index in [1.165, 1.54) is 23.1 Å². The predicted molar refractivity (Wildman–Crippen MR) is 109 cm³/mol. The lowest BCUT2D eigenvalue weighted by atomic mass is 10.3. The molecule has 8 heteroatoms. The van der Waals surface area contributed by atoms with Gasteiger partial charge in [0, 0.05) is 12.2 Å². The van der Waals surface area contributed by atoms with Crippen LogP contribution in [0.1, 0.15) is 13.3 Å². The van der Waals surface area contributed by atoms with E-state index in [0.29, 0.717) is 29.1 Å². The number of para-hydroxylation sites is 2. The summed E-state index contributed by atoms with van der Waals surface area (Å²) < 4.78 is 12.1. The summed E-state index contributed by atoms with van der Waals surface area (Å²) in [6.45, 7) is 2.56. The Morgan fingerprint density at radius 2 is 2.11 bits per heavy atom. The third kappa shape index (κ3) is 4.23. The van der Waals surface area contributed by atoms with Gasteiger partial charge in [0.05, 0.1) is 16.8 Å². The van der Waals surface area contributed by atoms with E-state index >= 15 is 0 Å². The number of carbonyl (C=O) groups is 1. The molecule has 1 N–H and O–H groups in total. The number of thiazole rings is 1. The van der Waals surface area contributed by atoms with Crippen LogP contribution in [0, 0.1) is 0 Å². The molecule has 1 amide bonds. The molecule has 0 saturated heterocycles. The number of nitrogens with one attached hydrogen (secondary N) is 1. The van der Waals surface area contributed by atoms with Gasteiger partial charge in [-0.1, -0.05) is 35.2 Å². The first kappa shape index (κ1) is 17.8. The second kappa shape index (κ2) is 7.98. The molecule has 0 saturated carbocycles. The molecule has 0 fully saturated rings. The number of thioether (sulfide) groups is 1. The van der Waals surface area contributed by atoms with Crippen LogP contribution < -0.4 is 10.1 Å². The van der Waals surface area contributed by atoms with Crippen LogP contribution in [0.4, 0.5) is 5.13 Å². The first-order valence-corrected chi connectivity index (χ1v) is 10.3. The summed E-state index contributed by atoms with van der Waals surface area (Å²) in [6, 6.07) is 13.3. The monoisotopic (exact) mass is 399 g/mol. The van der Waals surface area contributed by atoms with Crippen molar-refractivity contribution in [2.75, 3.05) is 17.7 Å². The second-order valence-electron chi connectivity index (χ2n) is 5.68. The van der Waals surface area contributed by atoms with Gasteiger partial charge in [-0.05, 0) is 37.3 Å².